The van der Waals surface area contributed by atoms with E-state index >= 15 is 0 Å². The minimum Gasteiger partial charge on any atom is -0.350 e. The van der Waals surface area contributed by atoms with Crippen molar-refractivity contribution in [2.45, 2.75) is 52.9 Å². The van der Waals surface area contributed by atoms with E-state index in [1.165, 1.54) is 0 Å². The van der Waals surface area contributed by atoms with Gasteiger partial charge in [-0.15, -0.1) is 15.3 Å². The molecule has 0 bridgehead atoms. The minimum atomic E-state index is -4.64. The number of rotatable bonds is 2. The number of anilines is 3. The fourth-order valence-electron chi connectivity index (χ4n) is 5.00. The van der Waals surface area contributed by atoms with Gasteiger partial charge in [0.05, 0.1) is 17.6 Å². The number of aryl methyl sites for hydroxylation is 3. The van der Waals surface area contributed by atoms with Gasteiger partial charge in [0, 0.05) is 55.5 Å². The molecule has 0 radical (unpaired) electrons. The molecule has 0 fully saturated rings. The first-order chi connectivity index (χ1) is 16.7. The molecule has 0 saturated carbocycles. The Labute approximate surface area is 199 Å². The van der Waals surface area contributed by atoms with Gasteiger partial charge in [0.25, 0.3) is 5.82 Å². The Bertz CT molecular complexity index is 1450. The molecular weight excluding hydrogens is 459 g/mol. The van der Waals surface area contributed by atoms with Crippen molar-refractivity contribution >= 4 is 23.0 Å². The first-order valence-electron chi connectivity index (χ1n) is 11.6. The summed E-state index contributed by atoms with van der Waals surface area (Å²) < 4.78 is 43.3. The maximum atomic E-state index is 13.5. The summed E-state index contributed by atoms with van der Waals surface area (Å²) in [5, 5.41) is 16.0. The van der Waals surface area contributed by atoms with Gasteiger partial charge in [-0.1, -0.05) is 0 Å². The van der Waals surface area contributed by atoms with Crippen molar-refractivity contribution in [1.29, 1.82) is 0 Å². The van der Waals surface area contributed by atoms with E-state index in [2.05, 4.69) is 37.4 Å². The number of nitrogens with zero attached hydrogens (tertiary/aromatic N) is 9. The monoisotopic (exact) mass is 483 g/mol. The second-order valence-electron chi connectivity index (χ2n) is 9.17. The van der Waals surface area contributed by atoms with Crippen LogP contribution in [0.4, 0.5) is 30.5 Å². The number of hydrogen-bond acceptors (Lipinski definition) is 7. The highest BCUT2D eigenvalue weighted by Crippen LogP contribution is 2.34. The van der Waals surface area contributed by atoms with Crippen LogP contribution in [0.1, 0.15) is 40.3 Å². The molecule has 9 nitrogen and oxygen atoms in total. The SMILES string of the molecule is Cc1cc2n(n1)CCCN2c1cnc2c(c1)CN(c1nn3c(C(F)(F)F)nnc3c(C)c1C)CC2. The summed E-state index contributed by atoms with van der Waals surface area (Å²) in [6.45, 7) is 8.48. The molecule has 4 aromatic rings. The highest BCUT2D eigenvalue weighted by Gasteiger charge is 2.38. The standard InChI is InChI=1S/C23H24F3N9/c1-13-9-19-33(6-4-7-34(19)30-13)17-10-16-12-32(8-5-18(16)27-11-17)21-15(3)14(2)20-28-29-22(23(24,25)26)35(20)31-21/h9-11H,4-8,12H2,1-3H3. The van der Waals surface area contributed by atoms with E-state index in [1.807, 2.05) is 29.6 Å². The zero-order valence-electron chi connectivity index (χ0n) is 19.6. The Morgan fingerprint density at radius 1 is 0.943 bits per heavy atom. The molecule has 2 aliphatic rings. The minimum absolute atomic E-state index is 0.122. The van der Waals surface area contributed by atoms with Crippen LogP contribution in [0.15, 0.2) is 18.3 Å². The molecule has 0 saturated heterocycles. The summed E-state index contributed by atoms with van der Waals surface area (Å²) in [6.07, 6.45) is -1.07. The molecule has 6 heterocycles. The van der Waals surface area contributed by atoms with Crippen LogP contribution in [0, 0.1) is 20.8 Å². The first kappa shape index (κ1) is 21.8. The summed E-state index contributed by atoms with van der Waals surface area (Å²) in [7, 11) is 0. The fraction of sp³-hybridized carbons (Fsp3) is 0.435. The van der Waals surface area contributed by atoms with Crippen LogP contribution in [0.2, 0.25) is 0 Å². The third kappa shape index (κ3) is 3.50. The van der Waals surface area contributed by atoms with Crippen LogP contribution in [0.5, 0.6) is 0 Å². The lowest BCUT2D eigenvalue weighted by atomic mass is 10.0. The predicted octanol–water partition coefficient (Wildman–Crippen LogP) is 3.76. The van der Waals surface area contributed by atoms with Gasteiger partial charge < -0.3 is 9.80 Å². The Morgan fingerprint density at radius 3 is 2.57 bits per heavy atom. The summed E-state index contributed by atoms with van der Waals surface area (Å²) in [5.74, 6) is 0.437. The van der Waals surface area contributed by atoms with E-state index in [1.54, 1.807) is 6.92 Å². The van der Waals surface area contributed by atoms with Gasteiger partial charge in [0.1, 0.15) is 5.82 Å². The molecule has 0 N–H and O–H groups in total. The summed E-state index contributed by atoms with van der Waals surface area (Å²) in [4.78, 5) is 8.98. The highest BCUT2D eigenvalue weighted by molar-refractivity contribution is 5.63. The Morgan fingerprint density at radius 2 is 1.77 bits per heavy atom. The quantitative estimate of drug-likeness (QED) is 0.430. The third-order valence-corrected chi connectivity index (χ3v) is 6.87. The van der Waals surface area contributed by atoms with Gasteiger partial charge in [-0.3, -0.25) is 4.98 Å². The first-order valence-corrected chi connectivity index (χ1v) is 11.6. The Kier molecular flexibility index (Phi) is 4.77. The molecule has 0 atom stereocenters. The van der Waals surface area contributed by atoms with E-state index in [9.17, 15) is 13.2 Å². The van der Waals surface area contributed by atoms with Crippen LogP contribution < -0.4 is 9.80 Å². The predicted molar refractivity (Wildman–Crippen MR) is 123 cm³/mol. The number of pyridine rings is 1. The molecule has 182 valence electrons. The molecule has 4 aromatic heterocycles. The smallest absolute Gasteiger partial charge is 0.350 e. The summed E-state index contributed by atoms with van der Waals surface area (Å²) in [6, 6.07) is 4.21. The molecule has 35 heavy (non-hydrogen) atoms. The molecule has 6 rings (SSSR count). The lowest BCUT2D eigenvalue weighted by Crippen LogP contribution is -2.34. The van der Waals surface area contributed by atoms with Crippen molar-refractivity contribution in [1.82, 2.24) is 34.6 Å². The molecule has 0 spiro atoms. The third-order valence-electron chi connectivity index (χ3n) is 6.87. The zero-order chi connectivity index (χ0) is 24.5. The van der Waals surface area contributed by atoms with Crippen molar-refractivity contribution < 1.29 is 13.2 Å². The highest BCUT2D eigenvalue weighted by atomic mass is 19.4. The Hall–Kier alpha value is -3.70. The molecular formula is C23H24F3N9. The molecule has 2 aliphatic heterocycles. The number of hydrogen-bond donors (Lipinski definition) is 0. The average Bonchev–Trinajstić information content (AvgIpc) is 3.43. The van der Waals surface area contributed by atoms with Crippen LogP contribution in [0.25, 0.3) is 5.65 Å². The van der Waals surface area contributed by atoms with Gasteiger partial charge in [0.2, 0.25) is 0 Å². The van der Waals surface area contributed by atoms with Crippen molar-refractivity contribution in [2.24, 2.45) is 0 Å². The van der Waals surface area contributed by atoms with Crippen LogP contribution in [0.3, 0.4) is 0 Å². The fourth-order valence-corrected chi connectivity index (χ4v) is 5.00. The van der Waals surface area contributed by atoms with Gasteiger partial charge >= 0.3 is 6.18 Å². The normalized spacial score (nSPS) is 16.1. The van der Waals surface area contributed by atoms with E-state index in [0.29, 0.717) is 30.9 Å². The number of aromatic nitrogens is 7. The molecule has 0 unspecified atom stereocenters. The van der Waals surface area contributed by atoms with E-state index in [4.69, 9.17) is 4.98 Å². The van der Waals surface area contributed by atoms with Crippen molar-refractivity contribution in [3.8, 4) is 0 Å². The average molecular weight is 484 g/mol. The van der Waals surface area contributed by atoms with Gasteiger partial charge in [-0.25, -0.2) is 4.68 Å². The second-order valence-corrected chi connectivity index (χ2v) is 9.17. The van der Waals surface area contributed by atoms with E-state index in [0.717, 1.165) is 58.0 Å². The van der Waals surface area contributed by atoms with E-state index < -0.39 is 12.0 Å². The van der Waals surface area contributed by atoms with E-state index in [-0.39, 0.29) is 5.65 Å². The molecule has 0 amide bonds. The van der Waals surface area contributed by atoms with Gasteiger partial charge in [0.15, 0.2) is 11.5 Å². The summed E-state index contributed by atoms with van der Waals surface area (Å²) in [5.41, 5.74) is 5.55. The lowest BCUT2D eigenvalue weighted by Gasteiger charge is -2.33. The maximum absolute atomic E-state index is 13.5. The molecule has 12 heteroatoms. The van der Waals surface area contributed by atoms with Gasteiger partial charge in [-0.2, -0.15) is 22.8 Å². The van der Waals surface area contributed by atoms with Crippen LogP contribution >= 0.6 is 0 Å². The topological polar surface area (TPSA) is 80.3 Å². The van der Waals surface area contributed by atoms with Crippen LogP contribution in [-0.4, -0.2) is 47.7 Å². The van der Waals surface area contributed by atoms with Crippen molar-refractivity contribution in [3.05, 3.63) is 52.2 Å². The van der Waals surface area contributed by atoms with Crippen molar-refractivity contribution in [3.63, 3.8) is 0 Å². The maximum Gasteiger partial charge on any atom is 0.453 e. The number of alkyl halides is 3. The Balaban J connectivity index is 1.37. The number of halogens is 3. The zero-order valence-corrected chi connectivity index (χ0v) is 19.6. The van der Waals surface area contributed by atoms with Crippen molar-refractivity contribution in [2.75, 3.05) is 22.9 Å². The lowest BCUT2D eigenvalue weighted by molar-refractivity contribution is -0.146. The largest absolute Gasteiger partial charge is 0.453 e. The molecule has 0 aromatic carbocycles. The second kappa shape index (κ2) is 7.65. The van der Waals surface area contributed by atoms with Gasteiger partial charge in [-0.05, 0) is 38.8 Å². The molecule has 0 aliphatic carbocycles. The summed E-state index contributed by atoms with van der Waals surface area (Å²) >= 11 is 0. The van der Waals surface area contributed by atoms with Crippen LogP contribution in [-0.2, 0) is 25.7 Å². The number of fused-ring (bicyclic) bond motifs is 3.